The predicted octanol–water partition coefficient (Wildman–Crippen LogP) is 0.448. The van der Waals surface area contributed by atoms with E-state index in [9.17, 15) is 4.79 Å². The Morgan fingerprint density at radius 2 is 1.83 bits per heavy atom. The number of hydrogen-bond donors (Lipinski definition) is 2. The van der Waals surface area contributed by atoms with Crippen molar-refractivity contribution in [3.8, 4) is 0 Å². The van der Waals surface area contributed by atoms with Crippen LogP contribution in [0.25, 0.3) is 0 Å². The van der Waals surface area contributed by atoms with Gasteiger partial charge in [0.1, 0.15) is 6.29 Å². The molecule has 0 aromatic rings. The predicted molar refractivity (Wildman–Crippen MR) is 46.7 cm³/mol. The highest BCUT2D eigenvalue weighted by Crippen LogP contribution is 2.21. The van der Waals surface area contributed by atoms with E-state index >= 15 is 0 Å². The van der Waals surface area contributed by atoms with Gasteiger partial charge in [0, 0.05) is 19.1 Å². The summed E-state index contributed by atoms with van der Waals surface area (Å²) in [6.45, 7) is 3.89. The van der Waals surface area contributed by atoms with Crippen molar-refractivity contribution in [3.05, 3.63) is 0 Å². The first-order valence-corrected chi connectivity index (χ1v) is 4.34. The Morgan fingerprint density at radius 1 is 1.25 bits per heavy atom. The third-order valence-electron chi connectivity index (χ3n) is 2.34. The van der Waals surface area contributed by atoms with E-state index in [-0.39, 0.29) is 31.0 Å². The first-order chi connectivity index (χ1) is 5.67. The van der Waals surface area contributed by atoms with E-state index in [2.05, 4.69) is 0 Å². The SMILES string of the molecule is CC(CO)C(C=O)C(C)CCO. The summed E-state index contributed by atoms with van der Waals surface area (Å²) in [5.74, 6) is 0.000787. The van der Waals surface area contributed by atoms with Crippen LogP contribution in [0.4, 0.5) is 0 Å². The van der Waals surface area contributed by atoms with E-state index in [0.717, 1.165) is 6.29 Å². The summed E-state index contributed by atoms with van der Waals surface area (Å²) in [5, 5.41) is 17.5. The van der Waals surface area contributed by atoms with Crippen LogP contribution in [0.1, 0.15) is 20.3 Å². The number of carbonyl (C=O) groups is 1. The monoisotopic (exact) mass is 174 g/mol. The van der Waals surface area contributed by atoms with Gasteiger partial charge in [-0.15, -0.1) is 0 Å². The highest BCUT2D eigenvalue weighted by Gasteiger charge is 2.21. The van der Waals surface area contributed by atoms with Gasteiger partial charge in [0.05, 0.1) is 0 Å². The molecule has 3 atom stereocenters. The maximum atomic E-state index is 10.6. The smallest absolute Gasteiger partial charge is 0.123 e. The van der Waals surface area contributed by atoms with Gasteiger partial charge >= 0.3 is 0 Å². The molecule has 0 bridgehead atoms. The Hall–Kier alpha value is -0.410. The number of rotatable bonds is 6. The van der Waals surface area contributed by atoms with Crippen LogP contribution in [0.15, 0.2) is 0 Å². The molecule has 0 aromatic heterocycles. The van der Waals surface area contributed by atoms with Gasteiger partial charge in [0.2, 0.25) is 0 Å². The average molecular weight is 174 g/mol. The molecule has 0 fully saturated rings. The van der Waals surface area contributed by atoms with E-state index in [1.807, 2.05) is 13.8 Å². The molecule has 72 valence electrons. The quantitative estimate of drug-likeness (QED) is 0.575. The lowest BCUT2D eigenvalue weighted by atomic mass is 9.83. The highest BCUT2D eigenvalue weighted by molar-refractivity contribution is 5.54. The Bertz CT molecular complexity index is 125. The Labute approximate surface area is 73.4 Å². The first-order valence-electron chi connectivity index (χ1n) is 4.34. The van der Waals surface area contributed by atoms with Crippen molar-refractivity contribution < 1.29 is 15.0 Å². The molecule has 0 saturated heterocycles. The zero-order valence-corrected chi connectivity index (χ0v) is 7.73. The van der Waals surface area contributed by atoms with Crippen LogP contribution < -0.4 is 0 Å². The van der Waals surface area contributed by atoms with Gasteiger partial charge in [-0.2, -0.15) is 0 Å². The molecule has 2 N–H and O–H groups in total. The fourth-order valence-corrected chi connectivity index (χ4v) is 1.35. The highest BCUT2D eigenvalue weighted by atomic mass is 16.3. The number of carbonyl (C=O) groups excluding carboxylic acids is 1. The van der Waals surface area contributed by atoms with Crippen LogP contribution >= 0.6 is 0 Å². The molecule has 0 aliphatic rings. The molecular weight excluding hydrogens is 156 g/mol. The average Bonchev–Trinajstić information content (AvgIpc) is 2.06. The minimum absolute atomic E-state index is 0.0101. The molecule has 3 nitrogen and oxygen atoms in total. The molecule has 3 unspecified atom stereocenters. The van der Waals surface area contributed by atoms with E-state index in [0.29, 0.717) is 6.42 Å². The van der Waals surface area contributed by atoms with Crippen LogP contribution in [0.2, 0.25) is 0 Å². The summed E-state index contributed by atoms with van der Waals surface area (Å²) < 4.78 is 0. The van der Waals surface area contributed by atoms with Crippen molar-refractivity contribution in [3.63, 3.8) is 0 Å². The Balaban J connectivity index is 4.03. The van der Waals surface area contributed by atoms with Crippen molar-refractivity contribution in [1.29, 1.82) is 0 Å². The Morgan fingerprint density at radius 3 is 2.17 bits per heavy atom. The van der Waals surface area contributed by atoms with E-state index in [1.165, 1.54) is 0 Å². The Kier molecular flexibility index (Phi) is 5.93. The molecule has 0 spiro atoms. The molecule has 3 heteroatoms. The van der Waals surface area contributed by atoms with Crippen LogP contribution in [0.3, 0.4) is 0 Å². The van der Waals surface area contributed by atoms with Gasteiger partial charge in [-0.05, 0) is 18.3 Å². The maximum absolute atomic E-state index is 10.6. The van der Waals surface area contributed by atoms with Gasteiger partial charge in [-0.3, -0.25) is 0 Å². The standard InChI is InChI=1S/C9H18O3/c1-7(3-4-10)9(6-12)8(2)5-11/h6-11H,3-5H2,1-2H3. The van der Waals surface area contributed by atoms with Gasteiger partial charge in [0.25, 0.3) is 0 Å². The molecule has 0 aliphatic carbocycles. The molecule has 0 aliphatic heterocycles. The van der Waals surface area contributed by atoms with Crippen molar-refractivity contribution in [2.24, 2.45) is 17.8 Å². The molecule has 12 heavy (non-hydrogen) atoms. The largest absolute Gasteiger partial charge is 0.396 e. The van der Waals surface area contributed by atoms with Crippen LogP contribution in [-0.4, -0.2) is 29.7 Å². The minimum atomic E-state index is -0.137. The molecule has 0 rings (SSSR count). The second-order valence-corrected chi connectivity index (χ2v) is 3.36. The van der Waals surface area contributed by atoms with Crippen LogP contribution in [0.5, 0.6) is 0 Å². The lowest BCUT2D eigenvalue weighted by molar-refractivity contribution is -0.114. The molecular formula is C9H18O3. The second kappa shape index (κ2) is 6.14. The van der Waals surface area contributed by atoms with Crippen LogP contribution in [0, 0.1) is 17.8 Å². The van der Waals surface area contributed by atoms with Crippen molar-refractivity contribution in [1.82, 2.24) is 0 Å². The summed E-state index contributed by atoms with van der Waals surface area (Å²) >= 11 is 0. The van der Waals surface area contributed by atoms with Crippen molar-refractivity contribution >= 4 is 6.29 Å². The lowest BCUT2D eigenvalue weighted by Crippen LogP contribution is -2.24. The van der Waals surface area contributed by atoms with E-state index < -0.39 is 0 Å². The third kappa shape index (κ3) is 3.32. The molecule has 0 aromatic carbocycles. The molecule has 0 saturated carbocycles. The summed E-state index contributed by atoms with van der Waals surface area (Å²) in [6.07, 6.45) is 1.50. The summed E-state index contributed by atoms with van der Waals surface area (Å²) in [6, 6.07) is 0. The fraction of sp³-hybridized carbons (Fsp3) is 0.889. The van der Waals surface area contributed by atoms with Crippen molar-refractivity contribution in [2.75, 3.05) is 13.2 Å². The number of aldehydes is 1. The number of aliphatic hydroxyl groups is 2. The molecule has 0 amide bonds. The fourth-order valence-electron chi connectivity index (χ4n) is 1.35. The number of aliphatic hydroxyl groups excluding tert-OH is 2. The molecule has 0 radical (unpaired) electrons. The first kappa shape index (κ1) is 11.6. The zero-order chi connectivity index (χ0) is 9.56. The van der Waals surface area contributed by atoms with Crippen LogP contribution in [-0.2, 0) is 4.79 Å². The molecule has 0 heterocycles. The maximum Gasteiger partial charge on any atom is 0.123 e. The lowest BCUT2D eigenvalue weighted by Gasteiger charge is -2.22. The topological polar surface area (TPSA) is 57.5 Å². The van der Waals surface area contributed by atoms with Gasteiger partial charge in [-0.1, -0.05) is 13.8 Å². The minimum Gasteiger partial charge on any atom is -0.396 e. The van der Waals surface area contributed by atoms with Gasteiger partial charge in [0.15, 0.2) is 0 Å². The third-order valence-corrected chi connectivity index (χ3v) is 2.34. The normalized spacial score (nSPS) is 18.3. The van der Waals surface area contributed by atoms with Crippen molar-refractivity contribution in [2.45, 2.75) is 20.3 Å². The summed E-state index contributed by atoms with van der Waals surface area (Å²) in [5.41, 5.74) is 0. The zero-order valence-electron chi connectivity index (χ0n) is 7.73. The second-order valence-electron chi connectivity index (χ2n) is 3.36. The summed E-state index contributed by atoms with van der Waals surface area (Å²) in [4.78, 5) is 10.6. The summed E-state index contributed by atoms with van der Waals surface area (Å²) in [7, 11) is 0. The van der Waals surface area contributed by atoms with E-state index in [1.54, 1.807) is 0 Å². The van der Waals surface area contributed by atoms with E-state index in [4.69, 9.17) is 10.2 Å². The van der Waals surface area contributed by atoms with Gasteiger partial charge < -0.3 is 15.0 Å². The number of hydrogen-bond acceptors (Lipinski definition) is 3. The van der Waals surface area contributed by atoms with Gasteiger partial charge in [-0.25, -0.2) is 0 Å².